The predicted molar refractivity (Wildman–Crippen MR) is 75.6 cm³/mol. The number of fused-ring (bicyclic) bond motifs is 1. The average Bonchev–Trinajstić information content (AvgIpc) is 2.83. The average molecular weight is 266 g/mol. The van der Waals surface area contributed by atoms with Gasteiger partial charge < -0.3 is 11.1 Å². The Morgan fingerprint density at radius 1 is 1.50 bits per heavy atom. The summed E-state index contributed by atoms with van der Waals surface area (Å²) in [7, 11) is 0. The van der Waals surface area contributed by atoms with Crippen LogP contribution in [0.1, 0.15) is 42.5 Å². The summed E-state index contributed by atoms with van der Waals surface area (Å²) >= 11 is 1.83. The number of nitrogens with two attached hydrogens (primary N) is 1. The summed E-state index contributed by atoms with van der Waals surface area (Å²) in [5.41, 5.74) is 7.21. The van der Waals surface area contributed by atoms with Crippen LogP contribution in [0.5, 0.6) is 0 Å². The van der Waals surface area contributed by atoms with E-state index in [0.29, 0.717) is 6.54 Å². The SMILES string of the molecule is CC(C)(C)[C@@H](N)C(=O)NCc1cc2c(s1)CCC2. The third-order valence-electron chi connectivity index (χ3n) is 3.45. The lowest BCUT2D eigenvalue weighted by molar-refractivity contribution is -0.124. The number of carbonyl (C=O) groups excluding carboxylic acids is 1. The normalized spacial score (nSPS) is 16.4. The van der Waals surface area contributed by atoms with Crippen molar-refractivity contribution in [2.75, 3.05) is 0 Å². The lowest BCUT2D eigenvalue weighted by Gasteiger charge is -2.25. The minimum absolute atomic E-state index is 0.0592. The molecule has 0 radical (unpaired) electrons. The lowest BCUT2D eigenvalue weighted by Crippen LogP contribution is -2.48. The second kappa shape index (κ2) is 5.02. The molecule has 0 bridgehead atoms. The monoisotopic (exact) mass is 266 g/mol. The highest BCUT2D eigenvalue weighted by molar-refractivity contribution is 7.12. The van der Waals surface area contributed by atoms with Crippen molar-refractivity contribution in [3.63, 3.8) is 0 Å². The summed E-state index contributed by atoms with van der Waals surface area (Å²) in [6, 6.07) is 1.78. The van der Waals surface area contributed by atoms with Gasteiger partial charge in [-0.05, 0) is 36.3 Å². The van der Waals surface area contributed by atoms with E-state index in [2.05, 4.69) is 11.4 Å². The van der Waals surface area contributed by atoms with Crippen LogP contribution in [-0.2, 0) is 24.2 Å². The van der Waals surface area contributed by atoms with Gasteiger partial charge in [-0.25, -0.2) is 0 Å². The first-order chi connectivity index (χ1) is 8.38. The molecular weight excluding hydrogens is 244 g/mol. The smallest absolute Gasteiger partial charge is 0.237 e. The molecule has 0 aliphatic heterocycles. The van der Waals surface area contributed by atoms with Crippen LogP contribution >= 0.6 is 11.3 Å². The Hall–Kier alpha value is -0.870. The number of hydrogen-bond donors (Lipinski definition) is 2. The van der Waals surface area contributed by atoms with Gasteiger partial charge in [-0.2, -0.15) is 0 Å². The topological polar surface area (TPSA) is 55.1 Å². The zero-order valence-electron chi connectivity index (χ0n) is 11.4. The molecule has 1 amide bonds. The third kappa shape index (κ3) is 2.93. The molecule has 3 N–H and O–H groups in total. The highest BCUT2D eigenvalue weighted by Gasteiger charge is 2.27. The molecule has 1 aliphatic rings. The summed E-state index contributed by atoms with van der Waals surface area (Å²) in [5, 5.41) is 2.94. The highest BCUT2D eigenvalue weighted by Crippen LogP contribution is 2.30. The second-order valence-electron chi connectivity index (χ2n) is 6.08. The minimum atomic E-state index is -0.454. The molecule has 0 aromatic carbocycles. The van der Waals surface area contributed by atoms with Gasteiger partial charge in [-0.3, -0.25) is 4.79 Å². The summed E-state index contributed by atoms with van der Waals surface area (Å²) < 4.78 is 0. The van der Waals surface area contributed by atoms with E-state index in [-0.39, 0.29) is 11.3 Å². The summed E-state index contributed by atoms with van der Waals surface area (Å²) in [6.45, 7) is 6.56. The van der Waals surface area contributed by atoms with Gasteiger partial charge in [-0.15, -0.1) is 11.3 Å². The molecule has 1 heterocycles. The number of nitrogens with one attached hydrogen (secondary N) is 1. The number of aryl methyl sites for hydroxylation is 2. The zero-order chi connectivity index (χ0) is 13.3. The van der Waals surface area contributed by atoms with Crippen LogP contribution in [0.3, 0.4) is 0 Å². The van der Waals surface area contributed by atoms with Gasteiger partial charge in [0.1, 0.15) is 0 Å². The van der Waals surface area contributed by atoms with Crippen LogP contribution in [0.15, 0.2) is 6.07 Å². The number of hydrogen-bond acceptors (Lipinski definition) is 3. The molecular formula is C14H22N2OS. The van der Waals surface area contributed by atoms with Gasteiger partial charge in [0.2, 0.25) is 5.91 Å². The van der Waals surface area contributed by atoms with E-state index in [9.17, 15) is 4.79 Å². The molecule has 1 aromatic rings. The van der Waals surface area contributed by atoms with Crippen molar-refractivity contribution in [1.29, 1.82) is 0 Å². The highest BCUT2D eigenvalue weighted by atomic mass is 32.1. The fraction of sp³-hybridized carbons (Fsp3) is 0.643. The zero-order valence-corrected chi connectivity index (χ0v) is 12.2. The van der Waals surface area contributed by atoms with Crippen LogP contribution in [0.4, 0.5) is 0 Å². The molecule has 0 unspecified atom stereocenters. The minimum Gasteiger partial charge on any atom is -0.350 e. The van der Waals surface area contributed by atoms with E-state index in [4.69, 9.17) is 5.73 Å². The molecule has 0 saturated heterocycles. The van der Waals surface area contributed by atoms with Gasteiger partial charge in [0.15, 0.2) is 0 Å². The first-order valence-electron chi connectivity index (χ1n) is 6.51. The number of carbonyl (C=O) groups is 1. The quantitative estimate of drug-likeness (QED) is 0.881. The molecule has 0 spiro atoms. The summed E-state index contributed by atoms with van der Waals surface area (Å²) in [6.07, 6.45) is 3.68. The van der Waals surface area contributed by atoms with Crippen molar-refractivity contribution in [2.24, 2.45) is 11.1 Å². The molecule has 1 aliphatic carbocycles. The largest absolute Gasteiger partial charge is 0.350 e. The maximum atomic E-state index is 11.9. The number of thiophene rings is 1. The molecule has 100 valence electrons. The van der Waals surface area contributed by atoms with E-state index >= 15 is 0 Å². The standard InChI is InChI=1S/C14H22N2OS/c1-14(2,3)12(15)13(17)16-8-10-7-9-5-4-6-11(9)18-10/h7,12H,4-6,8,15H2,1-3H3,(H,16,17)/t12-/m0/s1. The van der Waals surface area contributed by atoms with E-state index in [0.717, 1.165) is 0 Å². The first-order valence-corrected chi connectivity index (χ1v) is 7.33. The molecule has 18 heavy (non-hydrogen) atoms. The summed E-state index contributed by atoms with van der Waals surface area (Å²) in [4.78, 5) is 14.7. The van der Waals surface area contributed by atoms with E-state index in [1.165, 1.54) is 34.6 Å². The van der Waals surface area contributed by atoms with Gasteiger partial charge in [0.25, 0.3) is 0 Å². The molecule has 1 aromatic heterocycles. The Labute approximate surface area is 113 Å². The van der Waals surface area contributed by atoms with Gasteiger partial charge in [0.05, 0.1) is 12.6 Å². The second-order valence-corrected chi connectivity index (χ2v) is 7.30. The lowest BCUT2D eigenvalue weighted by atomic mass is 9.87. The predicted octanol–water partition coefficient (Wildman–Crippen LogP) is 2.23. The Kier molecular flexibility index (Phi) is 3.78. The number of amides is 1. The van der Waals surface area contributed by atoms with Crippen molar-refractivity contribution in [2.45, 2.75) is 52.6 Å². The molecule has 1 atom stereocenters. The Balaban J connectivity index is 1.89. The van der Waals surface area contributed by atoms with Crippen molar-refractivity contribution >= 4 is 17.2 Å². The van der Waals surface area contributed by atoms with Crippen LogP contribution in [0, 0.1) is 5.41 Å². The van der Waals surface area contributed by atoms with E-state index in [1.54, 1.807) is 0 Å². The first kappa shape index (κ1) is 13.6. The fourth-order valence-electron chi connectivity index (χ4n) is 2.16. The molecule has 0 fully saturated rings. The Bertz CT molecular complexity index is 424. The molecule has 2 rings (SSSR count). The van der Waals surface area contributed by atoms with E-state index in [1.807, 2.05) is 32.1 Å². The van der Waals surface area contributed by atoms with Gasteiger partial charge in [0, 0.05) is 9.75 Å². The Morgan fingerprint density at radius 2 is 2.22 bits per heavy atom. The maximum Gasteiger partial charge on any atom is 0.237 e. The maximum absolute atomic E-state index is 11.9. The van der Waals surface area contributed by atoms with Crippen molar-refractivity contribution in [1.82, 2.24) is 5.32 Å². The Morgan fingerprint density at radius 3 is 2.83 bits per heavy atom. The van der Waals surface area contributed by atoms with Crippen molar-refractivity contribution < 1.29 is 4.79 Å². The van der Waals surface area contributed by atoms with Crippen molar-refractivity contribution in [3.05, 3.63) is 21.4 Å². The molecule has 0 saturated carbocycles. The number of rotatable bonds is 3. The van der Waals surface area contributed by atoms with Gasteiger partial charge >= 0.3 is 0 Å². The van der Waals surface area contributed by atoms with Gasteiger partial charge in [-0.1, -0.05) is 20.8 Å². The van der Waals surface area contributed by atoms with Crippen LogP contribution < -0.4 is 11.1 Å². The third-order valence-corrected chi connectivity index (χ3v) is 4.69. The van der Waals surface area contributed by atoms with E-state index < -0.39 is 6.04 Å². The fourth-order valence-corrected chi connectivity index (χ4v) is 3.36. The van der Waals surface area contributed by atoms with Crippen LogP contribution in [0.25, 0.3) is 0 Å². The van der Waals surface area contributed by atoms with Crippen molar-refractivity contribution in [3.8, 4) is 0 Å². The molecule has 4 heteroatoms. The molecule has 3 nitrogen and oxygen atoms in total. The summed E-state index contributed by atoms with van der Waals surface area (Å²) in [5.74, 6) is -0.0592. The van der Waals surface area contributed by atoms with Crippen LogP contribution in [-0.4, -0.2) is 11.9 Å². The van der Waals surface area contributed by atoms with Crippen LogP contribution in [0.2, 0.25) is 0 Å².